The predicted octanol–water partition coefficient (Wildman–Crippen LogP) is 3.68. The second-order valence-electron chi connectivity index (χ2n) is 6.65. The highest BCUT2D eigenvalue weighted by Gasteiger charge is 2.38. The smallest absolute Gasteiger partial charge is 0.0553 e. The molecule has 19 heavy (non-hydrogen) atoms. The Labute approximate surface area is 117 Å². The Hall–Kier alpha value is -0.830. The summed E-state index contributed by atoms with van der Waals surface area (Å²) in [5.74, 6) is 0.711. The first-order valence-electron chi connectivity index (χ1n) is 7.77. The van der Waals surface area contributed by atoms with E-state index < -0.39 is 0 Å². The number of hydrogen-bond acceptors (Lipinski definition) is 2. The molecule has 2 atom stereocenters. The first kappa shape index (κ1) is 14.6. The molecule has 2 rings (SSSR count). The molecule has 1 aromatic heterocycles. The first-order chi connectivity index (χ1) is 9.06. The fourth-order valence-corrected chi connectivity index (χ4v) is 3.58. The molecule has 0 aromatic carbocycles. The van der Waals surface area contributed by atoms with Crippen LogP contribution >= 0.6 is 0 Å². The van der Waals surface area contributed by atoms with Gasteiger partial charge in [-0.15, -0.1) is 0 Å². The van der Waals surface area contributed by atoms with E-state index in [1.807, 2.05) is 10.9 Å². The van der Waals surface area contributed by atoms with Crippen LogP contribution in [0.2, 0.25) is 0 Å². The zero-order chi connectivity index (χ0) is 13.9. The quantitative estimate of drug-likeness (QED) is 0.878. The number of rotatable bonds is 5. The van der Waals surface area contributed by atoms with Gasteiger partial charge in [-0.3, -0.25) is 4.68 Å². The van der Waals surface area contributed by atoms with E-state index in [2.05, 4.69) is 44.3 Å². The number of aryl methyl sites for hydroxylation is 1. The Morgan fingerprint density at radius 2 is 2.26 bits per heavy atom. The van der Waals surface area contributed by atoms with Crippen molar-refractivity contribution in [1.82, 2.24) is 15.1 Å². The molecule has 1 aliphatic rings. The van der Waals surface area contributed by atoms with Gasteiger partial charge < -0.3 is 5.32 Å². The molecule has 2 unspecified atom stereocenters. The predicted molar refractivity (Wildman–Crippen MR) is 80.0 cm³/mol. The van der Waals surface area contributed by atoms with Crippen LogP contribution in [0, 0.1) is 11.3 Å². The molecule has 0 aliphatic heterocycles. The van der Waals surface area contributed by atoms with Gasteiger partial charge in [-0.1, -0.05) is 33.6 Å². The topological polar surface area (TPSA) is 29.9 Å². The van der Waals surface area contributed by atoms with Crippen LogP contribution in [-0.4, -0.2) is 16.3 Å². The van der Waals surface area contributed by atoms with Crippen LogP contribution in [0.3, 0.4) is 0 Å². The van der Waals surface area contributed by atoms with Crippen molar-refractivity contribution in [2.45, 2.75) is 58.9 Å². The van der Waals surface area contributed by atoms with E-state index in [-0.39, 0.29) is 0 Å². The summed E-state index contributed by atoms with van der Waals surface area (Å²) in [4.78, 5) is 0. The standard InChI is InChI=1S/C16H29N3/c1-5-11-17-15(14-9-12-18-19(14)4)13-8-6-7-10-16(13,2)3/h9,12-13,15,17H,5-8,10-11H2,1-4H3. The minimum Gasteiger partial charge on any atom is -0.308 e. The van der Waals surface area contributed by atoms with Crippen LogP contribution in [0.5, 0.6) is 0 Å². The molecule has 1 N–H and O–H groups in total. The molecule has 1 aromatic rings. The number of aromatic nitrogens is 2. The molecular weight excluding hydrogens is 234 g/mol. The SMILES string of the molecule is CCCNC(c1ccnn1C)C1CCCCC1(C)C. The molecule has 1 aliphatic carbocycles. The van der Waals surface area contributed by atoms with Gasteiger partial charge in [0.2, 0.25) is 0 Å². The third-order valence-corrected chi connectivity index (χ3v) is 4.78. The molecule has 1 fully saturated rings. The van der Waals surface area contributed by atoms with E-state index in [4.69, 9.17) is 0 Å². The lowest BCUT2D eigenvalue weighted by Crippen LogP contribution is -2.40. The molecule has 108 valence electrons. The summed E-state index contributed by atoms with van der Waals surface area (Å²) in [6.07, 6.45) is 8.54. The summed E-state index contributed by atoms with van der Waals surface area (Å²) in [5, 5.41) is 8.14. The Kier molecular flexibility index (Phi) is 4.67. The normalized spacial score (nSPS) is 24.3. The van der Waals surface area contributed by atoms with Crippen LogP contribution in [0.15, 0.2) is 12.3 Å². The Balaban J connectivity index is 2.24. The number of nitrogens with one attached hydrogen (secondary N) is 1. The summed E-state index contributed by atoms with van der Waals surface area (Å²) in [5.41, 5.74) is 1.77. The van der Waals surface area contributed by atoms with Crippen LogP contribution < -0.4 is 5.32 Å². The molecule has 1 saturated carbocycles. The zero-order valence-corrected chi connectivity index (χ0v) is 12.9. The molecule has 0 saturated heterocycles. The van der Waals surface area contributed by atoms with Gasteiger partial charge in [-0.2, -0.15) is 5.10 Å². The van der Waals surface area contributed by atoms with Gasteiger partial charge in [0, 0.05) is 13.2 Å². The van der Waals surface area contributed by atoms with E-state index in [1.165, 1.54) is 37.8 Å². The monoisotopic (exact) mass is 263 g/mol. The Bertz CT molecular complexity index is 394. The first-order valence-corrected chi connectivity index (χ1v) is 7.77. The fourth-order valence-electron chi connectivity index (χ4n) is 3.58. The van der Waals surface area contributed by atoms with E-state index in [9.17, 15) is 0 Å². The molecule has 3 heteroatoms. The van der Waals surface area contributed by atoms with Crippen LogP contribution in [0.1, 0.15) is 64.6 Å². The maximum Gasteiger partial charge on any atom is 0.0553 e. The summed E-state index contributed by atoms with van der Waals surface area (Å²) in [6, 6.07) is 2.63. The van der Waals surface area contributed by atoms with Crippen molar-refractivity contribution in [3.8, 4) is 0 Å². The molecular formula is C16H29N3. The maximum atomic E-state index is 4.36. The second-order valence-corrected chi connectivity index (χ2v) is 6.65. The third-order valence-electron chi connectivity index (χ3n) is 4.78. The van der Waals surface area contributed by atoms with Crippen molar-refractivity contribution < 1.29 is 0 Å². The van der Waals surface area contributed by atoms with Crippen molar-refractivity contribution in [2.24, 2.45) is 18.4 Å². The van der Waals surface area contributed by atoms with Crippen LogP contribution in [0.25, 0.3) is 0 Å². The van der Waals surface area contributed by atoms with Crippen molar-refractivity contribution in [3.05, 3.63) is 18.0 Å². The highest BCUT2D eigenvalue weighted by Crippen LogP contribution is 2.46. The van der Waals surface area contributed by atoms with E-state index in [1.54, 1.807) is 0 Å². The van der Waals surface area contributed by atoms with Gasteiger partial charge in [-0.05, 0) is 43.2 Å². The van der Waals surface area contributed by atoms with Crippen molar-refractivity contribution in [2.75, 3.05) is 6.54 Å². The van der Waals surface area contributed by atoms with Gasteiger partial charge in [0.15, 0.2) is 0 Å². The lowest BCUT2D eigenvalue weighted by molar-refractivity contribution is 0.0951. The van der Waals surface area contributed by atoms with Crippen molar-refractivity contribution in [1.29, 1.82) is 0 Å². The van der Waals surface area contributed by atoms with E-state index in [0.717, 1.165) is 6.54 Å². The molecule has 0 bridgehead atoms. The second kappa shape index (κ2) is 6.08. The fraction of sp³-hybridized carbons (Fsp3) is 0.812. The van der Waals surface area contributed by atoms with E-state index >= 15 is 0 Å². The number of nitrogens with zero attached hydrogens (tertiary/aromatic N) is 2. The van der Waals surface area contributed by atoms with Gasteiger partial charge in [0.05, 0.1) is 11.7 Å². The minimum atomic E-state index is 0.425. The summed E-state index contributed by atoms with van der Waals surface area (Å²) in [7, 11) is 2.06. The lowest BCUT2D eigenvalue weighted by Gasteiger charge is -2.43. The largest absolute Gasteiger partial charge is 0.308 e. The average Bonchev–Trinajstić information content (AvgIpc) is 2.78. The van der Waals surface area contributed by atoms with Crippen molar-refractivity contribution >= 4 is 0 Å². The maximum absolute atomic E-state index is 4.36. The van der Waals surface area contributed by atoms with Crippen LogP contribution in [0.4, 0.5) is 0 Å². The molecule has 0 amide bonds. The molecule has 3 nitrogen and oxygen atoms in total. The van der Waals surface area contributed by atoms with Crippen LogP contribution in [-0.2, 0) is 7.05 Å². The zero-order valence-electron chi connectivity index (χ0n) is 12.9. The number of hydrogen-bond donors (Lipinski definition) is 1. The molecule has 0 radical (unpaired) electrons. The Morgan fingerprint density at radius 3 is 2.84 bits per heavy atom. The summed E-state index contributed by atoms with van der Waals surface area (Å²) in [6.45, 7) is 8.20. The van der Waals surface area contributed by atoms with Crippen molar-refractivity contribution in [3.63, 3.8) is 0 Å². The van der Waals surface area contributed by atoms with E-state index in [0.29, 0.717) is 17.4 Å². The molecule has 0 spiro atoms. The highest BCUT2D eigenvalue weighted by atomic mass is 15.3. The molecule has 1 heterocycles. The Morgan fingerprint density at radius 1 is 1.47 bits per heavy atom. The summed E-state index contributed by atoms with van der Waals surface area (Å²) < 4.78 is 2.04. The minimum absolute atomic E-state index is 0.425. The van der Waals surface area contributed by atoms with Gasteiger partial charge in [0.1, 0.15) is 0 Å². The van der Waals surface area contributed by atoms with Gasteiger partial charge in [0.25, 0.3) is 0 Å². The van der Waals surface area contributed by atoms with Gasteiger partial charge >= 0.3 is 0 Å². The van der Waals surface area contributed by atoms with Gasteiger partial charge in [-0.25, -0.2) is 0 Å². The summed E-state index contributed by atoms with van der Waals surface area (Å²) >= 11 is 0. The lowest BCUT2D eigenvalue weighted by atomic mass is 9.65. The third kappa shape index (κ3) is 3.19. The highest BCUT2D eigenvalue weighted by molar-refractivity contribution is 5.10. The average molecular weight is 263 g/mol.